The Kier molecular flexibility index (Phi) is 4.45. The van der Waals surface area contributed by atoms with Crippen molar-refractivity contribution in [2.24, 2.45) is 5.92 Å². The summed E-state index contributed by atoms with van der Waals surface area (Å²) in [7, 11) is 0. The standard InChI is InChI=1S/C15H26N4O2/c1-11-7-13(8-12(2)21-11)9-18-5-3-14(4-6-18)19-10-16-17-15(19)20/h10-14H,3-9H2,1-2H3,(H,17,20)/t11-,12+,13?. The van der Waals surface area contributed by atoms with Crippen LogP contribution in [0.4, 0.5) is 0 Å². The third-order valence-electron chi connectivity index (χ3n) is 4.84. The molecule has 0 spiro atoms. The Bertz CT molecular complexity index is 494. The number of likely N-dealkylation sites (tertiary alicyclic amines) is 1. The SMILES string of the molecule is C[C@@H]1CC(CN2CCC(n3cn[nH]c3=O)CC2)C[C@H](C)O1. The van der Waals surface area contributed by atoms with Crippen LogP contribution in [0.1, 0.15) is 45.6 Å². The smallest absolute Gasteiger partial charge is 0.343 e. The van der Waals surface area contributed by atoms with Crippen LogP contribution in [0, 0.1) is 5.92 Å². The van der Waals surface area contributed by atoms with E-state index in [-0.39, 0.29) is 5.69 Å². The fourth-order valence-corrected chi connectivity index (χ4v) is 3.95. The first-order valence-electron chi connectivity index (χ1n) is 8.11. The van der Waals surface area contributed by atoms with Crippen LogP contribution < -0.4 is 5.69 Å². The second-order valence-corrected chi connectivity index (χ2v) is 6.70. The molecule has 0 aromatic carbocycles. The number of nitrogens with one attached hydrogen (secondary N) is 1. The fraction of sp³-hybridized carbons (Fsp3) is 0.867. The Morgan fingerprint density at radius 1 is 1.29 bits per heavy atom. The van der Waals surface area contributed by atoms with Crippen molar-refractivity contribution in [1.82, 2.24) is 19.7 Å². The Morgan fingerprint density at radius 3 is 2.52 bits per heavy atom. The van der Waals surface area contributed by atoms with E-state index in [4.69, 9.17) is 4.74 Å². The summed E-state index contributed by atoms with van der Waals surface area (Å²) in [6.07, 6.45) is 6.82. The Balaban J connectivity index is 1.50. The highest BCUT2D eigenvalue weighted by molar-refractivity contribution is 4.83. The first kappa shape index (κ1) is 14.8. The van der Waals surface area contributed by atoms with Gasteiger partial charge in [0, 0.05) is 25.7 Å². The molecule has 2 fully saturated rings. The number of hydrogen-bond donors (Lipinski definition) is 1. The minimum atomic E-state index is -0.0828. The minimum absolute atomic E-state index is 0.0828. The maximum Gasteiger partial charge on any atom is 0.343 e. The number of rotatable bonds is 3. The molecule has 118 valence electrons. The molecular formula is C15H26N4O2. The Morgan fingerprint density at radius 2 is 1.95 bits per heavy atom. The van der Waals surface area contributed by atoms with Crippen LogP contribution in [0.3, 0.4) is 0 Å². The summed E-state index contributed by atoms with van der Waals surface area (Å²) < 4.78 is 7.56. The van der Waals surface area contributed by atoms with Gasteiger partial charge in [-0.1, -0.05) is 0 Å². The number of hydrogen-bond acceptors (Lipinski definition) is 4. The molecule has 3 rings (SSSR count). The van der Waals surface area contributed by atoms with Gasteiger partial charge in [0.1, 0.15) is 6.33 Å². The average molecular weight is 294 g/mol. The summed E-state index contributed by atoms with van der Waals surface area (Å²) in [6, 6.07) is 0.306. The van der Waals surface area contributed by atoms with Gasteiger partial charge in [0.05, 0.1) is 12.2 Å². The molecule has 21 heavy (non-hydrogen) atoms. The zero-order valence-electron chi connectivity index (χ0n) is 13.0. The van der Waals surface area contributed by atoms with Gasteiger partial charge in [-0.15, -0.1) is 0 Å². The van der Waals surface area contributed by atoms with E-state index in [1.807, 2.05) is 0 Å². The quantitative estimate of drug-likeness (QED) is 0.915. The van der Waals surface area contributed by atoms with Crippen molar-refractivity contribution < 1.29 is 4.74 Å². The van der Waals surface area contributed by atoms with Crippen molar-refractivity contribution in [2.75, 3.05) is 19.6 Å². The lowest BCUT2D eigenvalue weighted by atomic mass is 9.91. The van der Waals surface area contributed by atoms with Gasteiger partial charge in [0.15, 0.2) is 0 Å². The fourth-order valence-electron chi connectivity index (χ4n) is 3.95. The predicted molar refractivity (Wildman–Crippen MR) is 80.3 cm³/mol. The van der Waals surface area contributed by atoms with E-state index < -0.39 is 0 Å². The molecule has 1 aromatic heterocycles. The number of aromatic amines is 1. The molecule has 0 saturated carbocycles. The van der Waals surface area contributed by atoms with Crippen molar-refractivity contribution in [3.8, 4) is 0 Å². The number of H-pyrrole nitrogens is 1. The van der Waals surface area contributed by atoms with Gasteiger partial charge in [0.25, 0.3) is 0 Å². The van der Waals surface area contributed by atoms with Crippen molar-refractivity contribution >= 4 is 0 Å². The van der Waals surface area contributed by atoms with Gasteiger partial charge >= 0.3 is 5.69 Å². The van der Waals surface area contributed by atoms with Crippen molar-refractivity contribution in [3.05, 3.63) is 16.8 Å². The van der Waals surface area contributed by atoms with Crippen molar-refractivity contribution in [3.63, 3.8) is 0 Å². The van der Waals surface area contributed by atoms with E-state index in [0.29, 0.717) is 18.2 Å². The van der Waals surface area contributed by atoms with Gasteiger partial charge in [-0.25, -0.2) is 9.89 Å². The van der Waals surface area contributed by atoms with Gasteiger partial charge in [-0.3, -0.25) is 4.57 Å². The summed E-state index contributed by atoms with van der Waals surface area (Å²) >= 11 is 0. The molecule has 0 amide bonds. The molecule has 1 N–H and O–H groups in total. The molecule has 3 heterocycles. The maximum atomic E-state index is 11.6. The molecule has 0 aliphatic carbocycles. The van der Waals surface area contributed by atoms with E-state index in [0.717, 1.165) is 31.8 Å². The molecule has 1 aromatic rings. The van der Waals surface area contributed by atoms with E-state index in [2.05, 4.69) is 28.9 Å². The molecule has 6 nitrogen and oxygen atoms in total. The van der Waals surface area contributed by atoms with Crippen LogP contribution in [-0.4, -0.2) is 51.5 Å². The zero-order chi connectivity index (χ0) is 14.8. The molecule has 2 saturated heterocycles. The second kappa shape index (κ2) is 6.32. The lowest BCUT2D eigenvalue weighted by Gasteiger charge is -2.38. The highest BCUT2D eigenvalue weighted by Gasteiger charge is 2.28. The lowest BCUT2D eigenvalue weighted by molar-refractivity contribution is -0.0585. The number of aromatic nitrogens is 3. The largest absolute Gasteiger partial charge is 0.376 e. The van der Waals surface area contributed by atoms with E-state index >= 15 is 0 Å². The predicted octanol–water partition coefficient (Wildman–Crippen LogP) is 1.41. The zero-order valence-corrected chi connectivity index (χ0v) is 13.0. The van der Waals surface area contributed by atoms with Gasteiger partial charge < -0.3 is 9.64 Å². The molecule has 1 unspecified atom stereocenters. The molecule has 6 heteroatoms. The average Bonchev–Trinajstić information content (AvgIpc) is 2.85. The molecule has 2 aliphatic heterocycles. The molecular weight excluding hydrogens is 268 g/mol. The summed E-state index contributed by atoms with van der Waals surface area (Å²) in [5, 5.41) is 6.31. The van der Waals surface area contributed by atoms with E-state index in [1.54, 1.807) is 10.9 Å². The van der Waals surface area contributed by atoms with Gasteiger partial charge in [0.2, 0.25) is 0 Å². The van der Waals surface area contributed by atoms with Crippen LogP contribution in [-0.2, 0) is 4.74 Å². The summed E-state index contributed by atoms with van der Waals surface area (Å²) in [6.45, 7) is 7.68. The van der Waals surface area contributed by atoms with Crippen molar-refractivity contribution in [2.45, 2.75) is 57.8 Å². The van der Waals surface area contributed by atoms with Gasteiger partial charge in [-0.05, 0) is 45.4 Å². The summed E-state index contributed by atoms with van der Waals surface area (Å²) in [4.78, 5) is 14.2. The third-order valence-corrected chi connectivity index (χ3v) is 4.84. The van der Waals surface area contributed by atoms with Crippen molar-refractivity contribution in [1.29, 1.82) is 0 Å². The molecule has 0 radical (unpaired) electrons. The number of nitrogens with zero attached hydrogens (tertiary/aromatic N) is 3. The third kappa shape index (κ3) is 3.55. The molecule has 0 bridgehead atoms. The van der Waals surface area contributed by atoms with Crippen LogP contribution in [0.25, 0.3) is 0 Å². The van der Waals surface area contributed by atoms with Crippen LogP contribution in [0.2, 0.25) is 0 Å². The first-order valence-corrected chi connectivity index (χ1v) is 8.11. The molecule has 3 atom stereocenters. The van der Waals surface area contributed by atoms with Gasteiger partial charge in [-0.2, -0.15) is 5.10 Å². The van der Waals surface area contributed by atoms with Crippen LogP contribution in [0.15, 0.2) is 11.1 Å². The molecule has 2 aliphatic rings. The maximum absolute atomic E-state index is 11.6. The second-order valence-electron chi connectivity index (χ2n) is 6.70. The summed E-state index contributed by atoms with van der Waals surface area (Å²) in [5.41, 5.74) is -0.0828. The minimum Gasteiger partial charge on any atom is -0.376 e. The number of piperidine rings is 1. The van der Waals surface area contributed by atoms with E-state index in [1.165, 1.54) is 19.4 Å². The normalized spacial score (nSPS) is 32.4. The summed E-state index contributed by atoms with van der Waals surface area (Å²) in [5.74, 6) is 0.747. The highest BCUT2D eigenvalue weighted by Crippen LogP contribution is 2.27. The monoisotopic (exact) mass is 294 g/mol. The Hall–Kier alpha value is -1.14. The lowest BCUT2D eigenvalue weighted by Crippen LogP contribution is -2.42. The first-order chi connectivity index (χ1) is 10.1. The Labute approximate surface area is 125 Å². The van der Waals surface area contributed by atoms with Crippen LogP contribution >= 0.6 is 0 Å². The topological polar surface area (TPSA) is 63.2 Å². The number of ether oxygens (including phenoxy) is 1. The van der Waals surface area contributed by atoms with Crippen LogP contribution in [0.5, 0.6) is 0 Å². The highest BCUT2D eigenvalue weighted by atomic mass is 16.5. The van der Waals surface area contributed by atoms with E-state index in [9.17, 15) is 4.79 Å².